The molecular formula is C19H23ClN2O5S. The average molecular weight is 427 g/mol. The molecule has 2 aromatic carbocycles. The number of carbonyl (C=O) groups is 1. The van der Waals surface area contributed by atoms with Gasteiger partial charge in [-0.3, -0.25) is 4.79 Å². The minimum Gasteiger partial charge on any atom is -0.493 e. The lowest BCUT2D eigenvalue weighted by molar-refractivity contribution is -0.116. The fraction of sp³-hybridized carbons (Fsp3) is 0.316. The highest BCUT2D eigenvalue weighted by atomic mass is 35.5. The molecule has 9 heteroatoms. The Balaban J connectivity index is 2.04. The first-order valence-corrected chi connectivity index (χ1v) is 10.4. The zero-order chi connectivity index (χ0) is 20.7. The maximum atomic E-state index is 12.5. The summed E-state index contributed by atoms with van der Waals surface area (Å²) in [6.45, 7) is 2.26. The monoisotopic (exact) mass is 426 g/mol. The van der Waals surface area contributed by atoms with Crippen molar-refractivity contribution < 1.29 is 22.7 Å². The lowest BCUT2D eigenvalue weighted by Gasteiger charge is -2.16. The minimum atomic E-state index is -3.72. The van der Waals surface area contributed by atoms with Crippen molar-refractivity contribution in [3.63, 3.8) is 0 Å². The number of rotatable bonds is 9. The Morgan fingerprint density at radius 1 is 1.11 bits per heavy atom. The lowest BCUT2D eigenvalue weighted by Crippen LogP contribution is -2.23. The van der Waals surface area contributed by atoms with E-state index in [0.29, 0.717) is 23.1 Å². The van der Waals surface area contributed by atoms with Gasteiger partial charge in [-0.25, -0.2) is 12.7 Å². The number of nitrogens with zero attached hydrogens (tertiary/aromatic N) is 1. The second-order valence-corrected chi connectivity index (χ2v) is 8.54. The van der Waals surface area contributed by atoms with Gasteiger partial charge in [0.05, 0.1) is 19.6 Å². The van der Waals surface area contributed by atoms with Crippen molar-refractivity contribution >= 4 is 33.2 Å². The third kappa shape index (κ3) is 5.85. The van der Waals surface area contributed by atoms with Crippen molar-refractivity contribution in [3.05, 3.63) is 47.5 Å². The molecular weight excluding hydrogens is 404 g/mol. The summed E-state index contributed by atoms with van der Waals surface area (Å²) in [6.07, 6.45) is 0.103. The second kappa shape index (κ2) is 9.77. The summed E-state index contributed by atoms with van der Waals surface area (Å²) >= 11 is 5.81. The van der Waals surface area contributed by atoms with E-state index in [1.54, 1.807) is 37.3 Å². The highest BCUT2D eigenvalue weighted by molar-refractivity contribution is 7.89. The van der Waals surface area contributed by atoms with Gasteiger partial charge in [-0.15, -0.1) is 0 Å². The molecule has 0 saturated heterocycles. The van der Waals surface area contributed by atoms with Crippen LogP contribution in [0.2, 0.25) is 5.02 Å². The number of amides is 1. The molecule has 0 radical (unpaired) electrons. The molecule has 2 rings (SSSR count). The maximum absolute atomic E-state index is 12.5. The van der Waals surface area contributed by atoms with E-state index in [1.807, 2.05) is 0 Å². The van der Waals surface area contributed by atoms with E-state index in [0.717, 1.165) is 4.31 Å². The van der Waals surface area contributed by atoms with Gasteiger partial charge in [0.15, 0.2) is 0 Å². The van der Waals surface area contributed by atoms with Gasteiger partial charge >= 0.3 is 0 Å². The first-order chi connectivity index (χ1) is 13.2. The van der Waals surface area contributed by atoms with Gasteiger partial charge in [0.2, 0.25) is 15.9 Å². The van der Waals surface area contributed by atoms with Crippen LogP contribution in [0.5, 0.6) is 11.5 Å². The Bertz CT molecular complexity index is 914. The van der Waals surface area contributed by atoms with E-state index in [2.05, 4.69) is 5.32 Å². The summed E-state index contributed by atoms with van der Waals surface area (Å²) < 4.78 is 37.0. The third-order valence-electron chi connectivity index (χ3n) is 3.70. The van der Waals surface area contributed by atoms with Crippen molar-refractivity contribution in [2.24, 2.45) is 0 Å². The van der Waals surface area contributed by atoms with Gasteiger partial charge < -0.3 is 14.8 Å². The van der Waals surface area contributed by atoms with Crippen LogP contribution in [-0.4, -0.2) is 45.9 Å². The number of anilines is 1. The molecule has 0 aliphatic carbocycles. The maximum Gasteiger partial charge on any atom is 0.246 e. The number of carbonyl (C=O) groups excluding carboxylic acids is 1. The van der Waals surface area contributed by atoms with Gasteiger partial charge in [0.25, 0.3) is 0 Å². The standard InChI is InChI=1S/C19H23ClN2O5S/c1-4-26-17-10-7-15(13-18(17)28(24,25)22(2)3)21-19(23)11-12-27-16-8-5-14(20)6-9-16/h5-10,13H,4,11-12H2,1-3H3,(H,21,23). The average Bonchev–Trinajstić information content (AvgIpc) is 2.64. The van der Waals surface area contributed by atoms with E-state index in [9.17, 15) is 13.2 Å². The Morgan fingerprint density at radius 3 is 2.39 bits per heavy atom. The largest absolute Gasteiger partial charge is 0.493 e. The van der Waals surface area contributed by atoms with Crippen LogP contribution in [0.25, 0.3) is 0 Å². The van der Waals surface area contributed by atoms with Crippen LogP contribution in [0.4, 0.5) is 5.69 Å². The van der Waals surface area contributed by atoms with Crippen LogP contribution in [0.15, 0.2) is 47.4 Å². The zero-order valence-corrected chi connectivity index (χ0v) is 17.5. The Hall–Kier alpha value is -2.29. The first-order valence-electron chi connectivity index (χ1n) is 8.61. The predicted octanol–water partition coefficient (Wildman–Crippen LogP) is 3.40. The summed E-state index contributed by atoms with van der Waals surface area (Å²) in [5, 5.41) is 3.28. The Morgan fingerprint density at radius 2 is 1.79 bits per heavy atom. The van der Waals surface area contributed by atoms with Gasteiger partial charge in [-0.05, 0) is 49.4 Å². The SMILES string of the molecule is CCOc1ccc(NC(=O)CCOc2ccc(Cl)cc2)cc1S(=O)(=O)N(C)C. The molecule has 152 valence electrons. The van der Waals surface area contributed by atoms with Gasteiger partial charge in [-0.2, -0.15) is 0 Å². The van der Waals surface area contributed by atoms with Crippen LogP contribution in [0.3, 0.4) is 0 Å². The summed E-state index contributed by atoms with van der Waals surface area (Å²) in [4.78, 5) is 12.2. The van der Waals surface area contributed by atoms with Gasteiger partial charge in [0.1, 0.15) is 16.4 Å². The molecule has 0 fully saturated rings. The van der Waals surface area contributed by atoms with E-state index in [1.165, 1.54) is 26.2 Å². The van der Waals surface area contributed by atoms with E-state index in [-0.39, 0.29) is 29.6 Å². The second-order valence-electron chi connectivity index (χ2n) is 5.98. The fourth-order valence-corrected chi connectivity index (χ4v) is 3.45. The molecule has 0 bridgehead atoms. The molecule has 2 aromatic rings. The van der Waals surface area contributed by atoms with E-state index in [4.69, 9.17) is 21.1 Å². The molecule has 0 saturated carbocycles. The molecule has 0 atom stereocenters. The van der Waals surface area contributed by atoms with Crippen LogP contribution in [-0.2, 0) is 14.8 Å². The van der Waals surface area contributed by atoms with Crippen molar-refractivity contribution in [2.75, 3.05) is 32.6 Å². The predicted molar refractivity (Wildman–Crippen MR) is 109 cm³/mol. The summed E-state index contributed by atoms with van der Waals surface area (Å²) in [7, 11) is -0.853. The summed E-state index contributed by atoms with van der Waals surface area (Å²) in [6, 6.07) is 11.3. The molecule has 0 spiro atoms. The smallest absolute Gasteiger partial charge is 0.246 e. The van der Waals surface area contributed by atoms with Crippen LogP contribution in [0.1, 0.15) is 13.3 Å². The highest BCUT2D eigenvalue weighted by Crippen LogP contribution is 2.29. The Labute approximate surface area is 170 Å². The number of nitrogens with one attached hydrogen (secondary N) is 1. The number of sulfonamides is 1. The van der Waals surface area contributed by atoms with Crippen molar-refractivity contribution in [2.45, 2.75) is 18.2 Å². The lowest BCUT2D eigenvalue weighted by atomic mass is 10.3. The van der Waals surface area contributed by atoms with E-state index >= 15 is 0 Å². The highest BCUT2D eigenvalue weighted by Gasteiger charge is 2.23. The zero-order valence-electron chi connectivity index (χ0n) is 15.9. The van der Waals surface area contributed by atoms with Crippen LogP contribution >= 0.6 is 11.6 Å². The summed E-state index contributed by atoms with van der Waals surface area (Å²) in [5.41, 5.74) is 0.361. The normalized spacial score (nSPS) is 11.3. The molecule has 0 aromatic heterocycles. The molecule has 0 unspecified atom stereocenters. The molecule has 28 heavy (non-hydrogen) atoms. The topological polar surface area (TPSA) is 84.9 Å². The molecule has 7 nitrogen and oxygen atoms in total. The van der Waals surface area contributed by atoms with Crippen molar-refractivity contribution in [1.82, 2.24) is 4.31 Å². The number of halogens is 1. The van der Waals surface area contributed by atoms with Gasteiger partial charge in [0, 0.05) is 24.8 Å². The quantitative estimate of drug-likeness (QED) is 0.664. The third-order valence-corrected chi connectivity index (χ3v) is 5.79. The molecule has 0 heterocycles. The molecule has 0 aliphatic heterocycles. The first kappa shape index (κ1) is 22.0. The Kier molecular flexibility index (Phi) is 7.68. The van der Waals surface area contributed by atoms with Crippen molar-refractivity contribution in [1.29, 1.82) is 0 Å². The number of ether oxygens (including phenoxy) is 2. The number of benzene rings is 2. The van der Waals surface area contributed by atoms with E-state index < -0.39 is 10.0 Å². The number of hydrogen-bond donors (Lipinski definition) is 1. The fourth-order valence-electron chi connectivity index (χ4n) is 2.27. The summed E-state index contributed by atoms with van der Waals surface area (Å²) in [5.74, 6) is 0.546. The molecule has 0 aliphatic rings. The molecule has 1 amide bonds. The number of hydrogen-bond acceptors (Lipinski definition) is 5. The van der Waals surface area contributed by atoms with Crippen molar-refractivity contribution in [3.8, 4) is 11.5 Å². The molecule has 1 N–H and O–H groups in total. The van der Waals surface area contributed by atoms with Gasteiger partial charge in [-0.1, -0.05) is 11.6 Å². The minimum absolute atomic E-state index is 0.00503. The van der Waals surface area contributed by atoms with Crippen LogP contribution < -0.4 is 14.8 Å². The van der Waals surface area contributed by atoms with Crippen LogP contribution in [0, 0.1) is 0 Å².